The molecule has 3 unspecified atom stereocenters. The van der Waals surface area contributed by atoms with E-state index >= 15 is 0 Å². The summed E-state index contributed by atoms with van der Waals surface area (Å²) in [6.45, 7) is 7.50. The Balaban J connectivity index is 1.91. The van der Waals surface area contributed by atoms with E-state index in [-0.39, 0.29) is 5.91 Å². The van der Waals surface area contributed by atoms with Crippen LogP contribution in [0, 0.1) is 11.8 Å². The van der Waals surface area contributed by atoms with Crippen LogP contribution in [0.1, 0.15) is 56.8 Å². The zero-order chi connectivity index (χ0) is 15.2. The van der Waals surface area contributed by atoms with E-state index in [0.717, 1.165) is 31.1 Å². The Morgan fingerprint density at radius 2 is 2.14 bits per heavy atom. The van der Waals surface area contributed by atoms with Crippen LogP contribution in [0.2, 0.25) is 0 Å². The van der Waals surface area contributed by atoms with E-state index < -0.39 is 0 Å². The van der Waals surface area contributed by atoms with Crippen molar-refractivity contribution in [2.24, 2.45) is 11.8 Å². The van der Waals surface area contributed by atoms with E-state index in [2.05, 4.69) is 36.4 Å². The van der Waals surface area contributed by atoms with Gasteiger partial charge in [0.1, 0.15) is 5.82 Å². The molecule has 2 rings (SSSR count). The minimum atomic E-state index is -0.00172. The molecule has 1 saturated carbocycles. The molecule has 1 aromatic heterocycles. The zero-order valence-corrected chi connectivity index (χ0v) is 13.4. The van der Waals surface area contributed by atoms with Crippen LogP contribution in [0.25, 0.3) is 0 Å². The number of aromatic nitrogens is 1. The Labute approximate surface area is 127 Å². The van der Waals surface area contributed by atoms with E-state index in [9.17, 15) is 4.79 Å². The maximum atomic E-state index is 12.3. The minimum Gasteiger partial charge on any atom is -0.370 e. The second-order valence-electron chi connectivity index (χ2n) is 6.04. The molecule has 4 nitrogen and oxygen atoms in total. The lowest BCUT2D eigenvalue weighted by Gasteiger charge is -2.21. The number of carbonyl (C=O) groups is 1. The van der Waals surface area contributed by atoms with Crippen LogP contribution in [0.5, 0.6) is 0 Å². The van der Waals surface area contributed by atoms with E-state index in [1.54, 1.807) is 6.20 Å². The maximum absolute atomic E-state index is 12.3. The summed E-state index contributed by atoms with van der Waals surface area (Å²) in [5.74, 6) is 2.14. The molecule has 0 spiro atoms. The first-order valence-electron chi connectivity index (χ1n) is 8.16. The van der Waals surface area contributed by atoms with Crippen molar-refractivity contribution in [2.45, 2.75) is 52.5 Å². The highest BCUT2D eigenvalue weighted by atomic mass is 16.1. The second-order valence-corrected chi connectivity index (χ2v) is 6.04. The molecule has 1 heterocycles. The average Bonchev–Trinajstić information content (AvgIpc) is 2.86. The van der Waals surface area contributed by atoms with Crippen LogP contribution in [-0.4, -0.2) is 23.5 Å². The molecule has 1 amide bonds. The molecule has 1 fully saturated rings. The molecule has 4 heteroatoms. The highest BCUT2D eigenvalue weighted by molar-refractivity contribution is 5.94. The van der Waals surface area contributed by atoms with Crippen LogP contribution >= 0.6 is 0 Å². The third kappa shape index (κ3) is 3.96. The van der Waals surface area contributed by atoms with Crippen LogP contribution in [-0.2, 0) is 0 Å². The molecule has 21 heavy (non-hydrogen) atoms. The summed E-state index contributed by atoms with van der Waals surface area (Å²) in [5.41, 5.74) is 0.643. The fourth-order valence-electron chi connectivity index (χ4n) is 3.17. The molecule has 1 aromatic rings. The van der Waals surface area contributed by atoms with E-state index in [4.69, 9.17) is 0 Å². The number of nitrogens with zero attached hydrogens (tertiary/aromatic N) is 1. The number of nitrogens with one attached hydrogen (secondary N) is 2. The first-order valence-corrected chi connectivity index (χ1v) is 8.16. The van der Waals surface area contributed by atoms with Crippen molar-refractivity contribution >= 4 is 11.7 Å². The average molecular weight is 289 g/mol. The number of hydrogen-bond donors (Lipinski definition) is 2. The van der Waals surface area contributed by atoms with Crippen LogP contribution in [0.15, 0.2) is 18.3 Å². The summed E-state index contributed by atoms with van der Waals surface area (Å²) in [4.78, 5) is 16.6. The van der Waals surface area contributed by atoms with Gasteiger partial charge in [0.05, 0.1) is 5.56 Å². The molecule has 2 N–H and O–H groups in total. The van der Waals surface area contributed by atoms with Gasteiger partial charge in [0.25, 0.3) is 5.91 Å². The second kappa shape index (κ2) is 7.43. The van der Waals surface area contributed by atoms with Gasteiger partial charge in [0.2, 0.25) is 0 Å². The molecular weight excluding hydrogens is 262 g/mol. The zero-order valence-electron chi connectivity index (χ0n) is 13.4. The maximum Gasteiger partial charge on any atom is 0.253 e. The van der Waals surface area contributed by atoms with Crippen LogP contribution < -0.4 is 10.6 Å². The molecule has 116 valence electrons. The third-order valence-electron chi connectivity index (χ3n) is 4.65. The van der Waals surface area contributed by atoms with Crippen molar-refractivity contribution in [2.75, 3.05) is 11.9 Å². The quantitative estimate of drug-likeness (QED) is 0.843. The standard InChI is InChI=1S/C17H27N3O/c1-4-10-18-16-9-7-14(11-19-16)17(21)20-15-8-6-13(5-2)12(15)3/h7,9,11-13,15H,4-6,8,10H2,1-3H3,(H,18,19)(H,20,21). The molecule has 0 aliphatic heterocycles. The summed E-state index contributed by atoms with van der Waals surface area (Å²) in [7, 11) is 0. The third-order valence-corrected chi connectivity index (χ3v) is 4.65. The van der Waals surface area contributed by atoms with E-state index in [0.29, 0.717) is 17.5 Å². The van der Waals surface area contributed by atoms with E-state index in [1.165, 1.54) is 12.8 Å². The molecule has 0 aromatic carbocycles. The van der Waals surface area contributed by atoms with Gasteiger partial charge in [0.15, 0.2) is 0 Å². The Morgan fingerprint density at radius 1 is 1.33 bits per heavy atom. The summed E-state index contributed by atoms with van der Waals surface area (Å²) in [5, 5.41) is 6.38. The monoisotopic (exact) mass is 289 g/mol. The summed E-state index contributed by atoms with van der Waals surface area (Å²) in [6.07, 6.45) is 6.23. The first-order chi connectivity index (χ1) is 10.2. The van der Waals surface area contributed by atoms with Gasteiger partial charge in [-0.1, -0.05) is 27.2 Å². The van der Waals surface area contributed by atoms with Crippen LogP contribution in [0.4, 0.5) is 5.82 Å². The van der Waals surface area contributed by atoms with Crippen molar-refractivity contribution in [1.29, 1.82) is 0 Å². The molecule has 0 saturated heterocycles. The van der Waals surface area contributed by atoms with Gasteiger partial charge in [-0.2, -0.15) is 0 Å². The largest absolute Gasteiger partial charge is 0.370 e. The van der Waals surface area contributed by atoms with Crippen LogP contribution in [0.3, 0.4) is 0 Å². The molecular formula is C17H27N3O. The Kier molecular flexibility index (Phi) is 5.59. The summed E-state index contributed by atoms with van der Waals surface area (Å²) in [6, 6.07) is 4.02. The van der Waals surface area contributed by atoms with Crippen molar-refractivity contribution in [3.63, 3.8) is 0 Å². The van der Waals surface area contributed by atoms with Crippen molar-refractivity contribution in [3.8, 4) is 0 Å². The molecule has 1 aliphatic rings. The smallest absolute Gasteiger partial charge is 0.253 e. The number of hydrogen-bond acceptors (Lipinski definition) is 3. The predicted molar refractivity (Wildman–Crippen MR) is 86.5 cm³/mol. The molecule has 0 radical (unpaired) electrons. The van der Waals surface area contributed by atoms with Gasteiger partial charge in [0, 0.05) is 18.8 Å². The van der Waals surface area contributed by atoms with Crippen molar-refractivity contribution in [3.05, 3.63) is 23.9 Å². The fourth-order valence-corrected chi connectivity index (χ4v) is 3.17. The topological polar surface area (TPSA) is 54.0 Å². The number of pyridine rings is 1. The van der Waals surface area contributed by atoms with Gasteiger partial charge in [-0.15, -0.1) is 0 Å². The SMILES string of the molecule is CCCNc1ccc(C(=O)NC2CCC(CC)C2C)cn1. The lowest BCUT2D eigenvalue weighted by atomic mass is 9.93. The number of anilines is 1. The van der Waals surface area contributed by atoms with Gasteiger partial charge < -0.3 is 10.6 Å². The fraction of sp³-hybridized carbons (Fsp3) is 0.647. The summed E-state index contributed by atoms with van der Waals surface area (Å²) < 4.78 is 0. The Hall–Kier alpha value is -1.58. The van der Waals surface area contributed by atoms with Gasteiger partial charge >= 0.3 is 0 Å². The first kappa shape index (κ1) is 15.8. The highest BCUT2D eigenvalue weighted by Gasteiger charge is 2.32. The Bertz CT molecular complexity index is 458. The number of carbonyl (C=O) groups excluding carboxylic acids is 1. The summed E-state index contributed by atoms with van der Waals surface area (Å²) >= 11 is 0. The number of rotatable bonds is 6. The van der Waals surface area contributed by atoms with Gasteiger partial charge in [-0.05, 0) is 43.2 Å². The lowest BCUT2D eigenvalue weighted by molar-refractivity contribution is 0.0926. The molecule has 3 atom stereocenters. The Morgan fingerprint density at radius 3 is 2.71 bits per heavy atom. The van der Waals surface area contributed by atoms with Crippen molar-refractivity contribution < 1.29 is 4.79 Å². The highest BCUT2D eigenvalue weighted by Crippen LogP contribution is 2.33. The minimum absolute atomic E-state index is 0.00172. The number of amides is 1. The van der Waals surface area contributed by atoms with Gasteiger partial charge in [-0.3, -0.25) is 4.79 Å². The predicted octanol–water partition coefficient (Wildman–Crippen LogP) is 3.46. The lowest BCUT2D eigenvalue weighted by Crippen LogP contribution is -2.37. The van der Waals surface area contributed by atoms with E-state index in [1.807, 2.05) is 12.1 Å². The van der Waals surface area contributed by atoms with Crippen molar-refractivity contribution in [1.82, 2.24) is 10.3 Å². The molecule has 0 bridgehead atoms. The molecule has 1 aliphatic carbocycles. The normalized spacial score (nSPS) is 24.8. The van der Waals surface area contributed by atoms with Gasteiger partial charge in [-0.25, -0.2) is 4.98 Å².